The number of nitrogens with zero attached hydrogens (tertiary/aromatic N) is 2. The smallest absolute Gasteiger partial charge is 0.256 e. The first-order valence-corrected chi connectivity index (χ1v) is 8.07. The lowest BCUT2D eigenvalue weighted by Gasteiger charge is -2.28. The molecular weight excluding hydrogens is 284 g/mol. The SMILES string of the molecule is CC(C)N1C=NC(Cc2ccccc2)(Cc2ccccc2)C1=O. The van der Waals surface area contributed by atoms with E-state index in [2.05, 4.69) is 24.3 Å². The Morgan fingerprint density at radius 1 is 0.913 bits per heavy atom. The molecule has 1 aliphatic rings. The Labute approximate surface area is 137 Å². The second-order valence-corrected chi connectivity index (χ2v) is 6.41. The Kier molecular flexibility index (Phi) is 4.28. The topological polar surface area (TPSA) is 32.7 Å². The monoisotopic (exact) mass is 306 g/mol. The number of hydrogen-bond donors (Lipinski definition) is 0. The van der Waals surface area contributed by atoms with Crippen LogP contribution in [-0.4, -0.2) is 28.7 Å². The average molecular weight is 306 g/mol. The van der Waals surface area contributed by atoms with Crippen molar-refractivity contribution < 1.29 is 4.79 Å². The second-order valence-electron chi connectivity index (χ2n) is 6.41. The van der Waals surface area contributed by atoms with Crippen molar-refractivity contribution in [2.75, 3.05) is 0 Å². The van der Waals surface area contributed by atoms with Crippen LogP contribution in [0.1, 0.15) is 25.0 Å². The lowest BCUT2D eigenvalue weighted by atomic mass is 9.84. The zero-order valence-corrected chi connectivity index (χ0v) is 13.6. The minimum atomic E-state index is -0.729. The minimum absolute atomic E-state index is 0.0974. The third-order valence-electron chi connectivity index (χ3n) is 4.30. The van der Waals surface area contributed by atoms with Crippen molar-refractivity contribution in [2.24, 2.45) is 4.99 Å². The normalized spacial score (nSPS) is 16.3. The van der Waals surface area contributed by atoms with E-state index in [1.54, 1.807) is 11.2 Å². The van der Waals surface area contributed by atoms with E-state index in [-0.39, 0.29) is 11.9 Å². The molecule has 3 heteroatoms. The maximum Gasteiger partial charge on any atom is 0.256 e. The van der Waals surface area contributed by atoms with E-state index < -0.39 is 5.54 Å². The Morgan fingerprint density at radius 3 is 1.78 bits per heavy atom. The van der Waals surface area contributed by atoms with E-state index in [1.807, 2.05) is 50.2 Å². The van der Waals surface area contributed by atoms with Crippen LogP contribution in [0.4, 0.5) is 0 Å². The molecule has 0 saturated heterocycles. The molecule has 2 aromatic carbocycles. The molecule has 0 aromatic heterocycles. The highest BCUT2D eigenvalue weighted by atomic mass is 16.2. The van der Waals surface area contributed by atoms with E-state index in [9.17, 15) is 4.79 Å². The quantitative estimate of drug-likeness (QED) is 0.832. The van der Waals surface area contributed by atoms with Gasteiger partial charge in [-0.15, -0.1) is 0 Å². The summed E-state index contributed by atoms with van der Waals surface area (Å²) < 4.78 is 0. The Hall–Kier alpha value is -2.42. The number of carbonyl (C=O) groups excluding carboxylic acids is 1. The van der Waals surface area contributed by atoms with Crippen molar-refractivity contribution in [2.45, 2.75) is 38.3 Å². The number of amides is 1. The molecule has 3 nitrogen and oxygen atoms in total. The molecule has 0 unspecified atom stereocenters. The summed E-state index contributed by atoms with van der Waals surface area (Å²) in [5, 5.41) is 0. The molecule has 0 atom stereocenters. The average Bonchev–Trinajstić information content (AvgIpc) is 2.86. The summed E-state index contributed by atoms with van der Waals surface area (Å²) in [5.74, 6) is 0.0974. The van der Waals surface area contributed by atoms with Crippen molar-refractivity contribution in [3.63, 3.8) is 0 Å². The van der Waals surface area contributed by atoms with E-state index in [4.69, 9.17) is 4.99 Å². The van der Waals surface area contributed by atoms with Crippen LogP contribution in [-0.2, 0) is 17.6 Å². The van der Waals surface area contributed by atoms with Gasteiger partial charge in [-0.1, -0.05) is 60.7 Å². The van der Waals surface area contributed by atoms with Gasteiger partial charge in [-0.3, -0.25) is 14.7 Å². The fraction of sp³-hybridized carbons (Fsp3) is 0.300. The lowest BCUT2D eigenvalue weighted by molar-refractivity contribution is -0.132. The zero-order chi connectivity index (χ0) is 16.3. The molecule has 2 aromatic rings. The molecule has 0 radical (unpaired) electrons. The molecular formula is C20H22N2O. The summed E-state index contributed by atoms with van der Waals surface area (Å²) >= 11 is 0. The minimum Gasteiger partial charge on any atom is -0.299 e. The van der Waals surface area contributed by atoms with Crippen LogP contribution >= 0.6 is 0 Å². The van der Waals surface area contributed by atoms with Crippen LogP contribution in [0, 0.1) is 0 Å². The summed E-state index contributed by atoms with van der Waals surface area (Å²) in [7, 11) is 0. The molecule has 1 aliphatic heterocycles. The van der Waals surface area contributed by atoms with Gasteiger partial charge in [0.25, 0.3) is 5.91 Å². The molecule has 23 heavy (non-hydrogen) atoms. The molecule has 1 amide bonds. The Balaban J connectivity index is 1.94. The standard InChI is InChI=1S/C20H22N2O/c1-16(2)22-15-21-20(19(22)23,13-17-9-5-3-6-10-17)14-18-11-7-4-8-12-18/h3-12,15-16H,13-14H2,1-2H3. The fourth-order valence-electron chi connectivity index (χ4n) is 3.06. The molecule has 1 heterocycles. The summed E-state index contributed by atoms with van der Waals surface area (Å²) in [6, 6.07) is 20.4. The highest BCUT2D eigenvalue weighted by Gasteiger charge is 2.45. The number of hydrogen-bond acceptors (Lipinski definition) is 2. The van der Waals surface area contributed by atoms with Crippen LogP contribution in [0.2, 0.25) is 0 Å². The highest BCUT2D eigenvalue weighted by molar-refractivity contribution is 6.00. The molecule has 0 spiro atoms. The third-order valence-corrected chi connectivity index (χ3v) is 4.30. The maximum atomic E-state index is 13.1. The van der Waals surface area contributed by atoms with E-state index in [0.29, 0.717) is 12.8 Å². The van der Waals surface area contributed by atoms with Gasteiger partial charge in [-0.2, -0.15) is 0 Å². The highest BCUT2D eigenvalue weighted by Crippen LogP contribution is 2.30. The van der Waals surface area contributed by atoms with Gasteiger partial charge in [-0.05, 0) is 25.0 Å². The number of rotatable bonds is 5. The lowest BCUT2D eigenvalue weighted by Crippen LogP contribution is -2.46. The molecule has 3 rings (SSSR count). The van der Waals surface area contributed by atoms with Crippen molar-refractivity contribution >= 4 is 12.2 Å². The predicted octanol–water partition coefficient (Wildman–Crippen LogP) is 3.49. The van der Waals surface area contributed by atoms with E-state index in [1.165, 1.54) is 0 Å². The van der Waals surface area contributed by atoms with Gasteiger partial charge >= 0.3 is 0 Å². The maximum absolute atomic E-state index is 13.1. The molecule has 0 bridgehead atoms. The van der Waals surface area contributed by atoms with Gasteiger partial charge in [0.1, 0.15) is 5.54 Å². The van der Waals surface area contributed by atoms with Crippen LogP contribution in [0.5, 0.6) is 0 Å². The molecule has 0 saturated carbocycles. The van der Waals surface area contributed by atoms with Gasteiger partial charge in [-0.25, -0.2) is 0 Å². The first-order valence-electron chi connectivity index (χ1n) is 8.07. The molecule has 0 aliphatic carbocycles. The summed E-state index contributed by atoms with van der Waals surface area (Å²) in [6.45, 7) is 4.04. The number of carbonyl (C=O) groups is 1. The summed E-state index contributed by atoms with van der Waals surface area (Å²) in [5.41, 5.74) is 1.55. The van der Waals surface area contributed by atoms with Crippen molar-refractivity contribution in [1.29, 1.82) is 0 Å². The van der Waals surface area contributed by atoms with E-state index in [0.717, 1.165) is 11.1 Å². The second kappa shape index (κ2) is 6.37. The van der Waals surface area contributed by atoms with Crippen molar-refractivity contribution in [3.8, 4) is 0 Å². The Morgan fingerprint density at radius 2 is 1.39 bits per heavy atom. The Bertz CT molecular complexity index is 651. The first-order chi connectivity index (χ1) is 11.1. The van der Waals surface area contributed by atoms with Gasteiger partial charge in [0.05, 0.1) is 6.34 Å². The number of aliphatic imine (C=N–C) groups is 1. The van der Waals surface area contributed by atoms with Crippen LogP contribution < -0.4 is 0 Å². The first kappa shape index (κ1) is 15.5. The zero-order valence-electron chi connectivity index (χ0n) is 13.6. The number of benzene rings is 2. The van der Waals surface area contributed by atoms with Crippen LogP contribution in [0.15, 0.2) is 65.7 Å². The largest absolute Gasteiger partial charge is 0.299 e. The fourth-order valence-corrected chi connectivity index (χ4v) is 3.06. The van der Waals surface area contributed by atoms with Crippen LogP contribution in [0.3, 0.4) is 0 Å². The van der Waals surface area contributed by atoms with Crippen molar-refractivity contribution in [1.82, 2.24) is 4.90 Å². The van der Waals surface area contributed by atoms with Gasteiger partial charge < -0.3 is 0 Å². The van der Waals surface area contributed by atoms with E-state index >= 15 is 0 Å². The summed E-state index contributed by atoms with van der Waals surface area (Å²) in [4.78, 5) is 19.5. The van der Waals surface area contributed by atoms with Gasteiger partial charge in [0, 0.05) is 18.9 Å². The van der Waals surface area contributed by atoms with Crippen LogP contribution in [0.25, 0.3) is 0 Å². The molecule has 0 N–H and O–H groups in total. The molecule has 0 fully saturated rings. The van der Waals surface area contributed by atoms with Gasteiger partial charge in [0.2, 0.25) is 0 Å². The van der Waals surface area contributed by atoms with Gasteiger partial charge in [0.15, 0.2) is 0 Å². The summed E-state index contributed by atoms with van der Waals surface area (Å²) in [6.07, 6.45) is 2.97. The third kappa shape index (κ3) is 3.19. The predicted molar refractivity (Wildman–Crippen MR) is 93.5 cm³/mol. The molecule has 118 valence electrons. The van der Waals surface area contributed by atoms with Crippen molar-refractivity contribution in [3.05, 3.63) is 71.8 Å².